The van der Waals surface area contributed by atoms with Gasteiger partial charge in [-0.3, -0.25) is 0 Å². The number of halogens is 1. The predicted molar refractivity (Wildman–Crippen MR) is 88.8 cm³/mol. The minimum absolute atomic E-state index is 0.345. The highest BCUT2D eigenvalue weighted by molar-refractivity contribution is 7.26. The second kappa shape index (κ2) is 4.45. The van der Waals surface area contributed by atoms with Gasteiger partial charge in [0.25, 0.3) is 0 Å². The van der Waals surface area contributed by atoms with Crippen molar-refractivity contribution in [1.29, 1.82) is 0 Å². The molecule has 0 spiro atoms. The van der Waals surface area contributed by atoms with Crippen LogP contribution in [0, 0.1) is 0 Å². The Morgan fingerprint density at radius 2 is 1.86 bits per heavy atom. The summed E-state index contributed by atoms with van der Waals surface area (Å²) in [5.74, 6) is -0.902. The average molecular weight is 313 g/mol. The third kappa shape index (κ3) is 1.82. The van der Waals surface area contributed by atoms with Gasteiger partial charge in [0.15, 0.2) is 0 Å². The third-order valence-corrected chi connectivity index (χ3v) is 5.09. The molecule has 0 saturated heterocycles. The van der Waals surface area contributed by atoms with Crippen LogP contribution in [0.3, 0.4) is 0 Å². The molecular formula is C17H9ClO2S. The van der Waals surface area contributed by atoms with Crippen LogP contribution in [0.25, 0.3) is 30.9 Å². The molecule has 0 aliphatic heterocycles. The molecule has 0 radical (unpaired) electrons. The van der Waals surface area contributed by atoms with Gasteiger partial charge in [-0.1, -0.05) is 35.9 Å². The fourth-order valence-electron chi connectivity index (χ4n) is 2.75. The van der Waals surface area contributed by atoms with Gasteiger partial charge in [-0.05, 0) is 29.7 Å². The fraction of sp³-hybridized carbons (Fsp3) is 0. The minimum atomic E-state index is -0.902. The van der Waals surface area contributed by atoms with E-state index in [1.54, 1.807) is 23.5 Å². The van der Waals surface area contributed by atoms with E-state index in [1.807, 2.05) is 36.4 Å². The lowest BCUT2D eigenvalue weighted by Crippen LogP contribution is -1.97. The van der Waals surface area contributed by atoms with Gasteiger partial charge in [-0.15, -0.1) is 11.3 Å². The number of hydrogen-bond acceptors (Lipinski definition) is 2. The van der Waals surface area contributed by atoms with Gasteiger partial charge in [0.1, 0.15) is 0 Å². The maximum absolute atomic E-state index is 11.6. The Morgan fingerprint density at radius 3 is 2.67 bits per heavy atom. The fourth-order valence-corrected chi connectivity index (χ4v) is 4.18. The van der Waals surface area contributed by atoms with Crippen molar-refractivity contribution in [3.8, 4) is 0 Å². The van der Waals surface area contributed by atoms with E-state index in [2.05, 4.69) is 0 Å². The van der Waals surface area contributed by atoms with Crippen molar-refractivity contribution >= 4 is 59.9 Å². The van der Waals surface area contributed by atoms with Crippen LogP contribution in [0.1, 0.15) is 10.4 Å². The van der Waals surface area contributed by atoms with Gasteiger partial charge in [0.2, 0.25) is 0 Å². The van der Waals surface area contributed by atoms with E-state index in [0.717, 1.165) is 30.9 Å². The van der Waals surface area contributed by atoms with Crippen molar-refractivity contribution in [2.45, 2.75) is 0 Å². The molecule has 0 fully saturated rings. The summed E-state index contributed by atoms with van der Waals surface area (Å²) < 4.78 is 2.07. The SMILES string of the molecule is O=C(O)c1cc2ccc(Cl)cc2c2sc3ccccc3c12. The molecule has 1 N–H and O–H groups in total. The number of thiophene rings is 1. The maximum Gasteiger partial charge on any atom is 0.336 e. The Kier molecular flexibility index (Phi) is 2.67. The van der Waals surface area contributed by atoms with E-state index >= 15 is 0 Å². The second-order valence-corrected chi connectivity index (χ2v) is 6.39. The number of carboxylic acids is 1. The number of carbonyl (C=O) groups is 1. The molecule has 0 amide bonds. The molecule has 0 atom stereocenters. The van der Waals surface area contributed by atoms with Crippen molar-refractivity contribution in [2.75, 3.05) is 0 Å². The van der Waals surface area contributed by atoms with Gasteiger partial charge in [0.05, 0.1) is 5.56 Å². The van der Waals surface area contributed by atoms with Crippen LogP contribution >= 0.6 is 22.9 Å². The molecule has 1 heterocycles. The van der Waals surface area contributed by atoms with Crippen LogP contribution in [0.5, 0.6) is 0 Å². The lowest BCUT2D eigenvalue weighted by atomic mass is 10.0. The largest absolute Gasteiger partial charge is 0.478 e. The highest BCUT2D eigenvalue weighted by Crippen LogP contribution is 2.41. The first-order valence-corrected chi connectivity index (χ1v) is 7.61. The van der Waals surface area contributed by atoms with Gasteiger partial charge < -0.3 is 5.11 Å². The summed E-state index contributed by atoms with van der Waals surface area (Å²) in [4.78, 5) is 11.6. The smallest absolute Gasteiger partial charge is 0.336 e. The monoisotopic (exact) mass is 312 g/mol. The van der Waals surface area contributed by atoms with Crippen molar-refractivity contribution < 1.29 is 9.90 Å². The zero-order valence-corrected chi connectivity index (χ0v) is 12.3. The van der Waals surface area contributed by atoms with Crippen molar-refractivity contribution in [1.82, 2.24) is 0 Å². The summed E-state index contributed by atoms with van der Waals surface area (Å²) in [5, 5.41) is 13.9. The zero-order chi connectivity index (χ0) is 14.6. The predicted octanol–water partition coefficient (Wildman–Crippen LogP) is 5.56. The number of rotatable bonds is 1. The molecular weight excluding hydrogens is 304 g/mol. The number of benzene rings is 3. The van der Waals surface area contributed by atoms with Crippen LogP contribution in [0.2, 0.25) is 5.02 Å². The summed E-state index contributed by atoms with van der Waals surface area (Å²) in [6.45, 7) is 0. The van der Waals surface area contributed by atoms with Crippen LogP contribution in [-0.2, 0) is 0 Å². The Hall–Kier alpha value is -2.10. The Labute approximate surface area is 129 Å². The first-order chi connectivity index (χ1) is 10.1. The van der Waals surface area contributed by atoms with Crippen molar-refractivity contribution in [3.63, 3.8) is 0 Å². The first kappa shape index (κ1) is 12.6. The van der Waals surface area contributed by atoms with E-state index in [0.29, 0.717) is 10.6 Å². The lowest BCUT2D eigenvalue weighted by Gasteiger charge is -2.05. The first-order valence-electron chi connectivity index (χ1n) is 6.42. The molecule has 102 valence electrons. The molecule has 0 bridgehead atoms. The van der Waals surface area contributed by atoms with Gasteiger partial charge in [-0.2, -0.15) is 0 Å². The highest BCUT2D eigenvalue weighted by atomic mass is 35.5. The number of aromatic carboxylic acids is 1. The zero-order valence-electron chi connectivity index (χ0n) is 10.8. The molecule has 3 aromatic carbocycles. The molecule has 4 rings (SSSR count). The van der Waals surface area contributed by atoms with E-state index < -0.39 is 5.97 Å². The number of carboxylic acid groups (broad SMARTS) is 1. The molecule has 21 heavy (non-hydrogen) atoms. The molecule has 4 heteroatoms. The second-order valence-electron chi connectivity index (χ2n) is 4.90. The van der Waals surface area contributed by atoms with E-state index in [1.165, 1.54) is 0 Å². The van der Waals surface area contributed by atoms with Crippen LogP contribution < -0.4 is 0 Å². The van der Waals surface area contributed by atoms with Crippen molar-refractivity contribution in [2.24, 2.45) is 0 Å². The summed E-state index contributed by atoms with van der Waals surface area (Å²) in [7, 11) is 0. The minimum Gasteiger partial charge on any atom is -0.478 e. The summed E-state index contributed by atoms with van der Waals surface area (Å²) in [6.07, 6.45) is 0. The summed E-state index contributed by atoms with van der Waals surface area (Å²) >= 11 is 7.72. The summed E-state index contributed by atoms with van der Waals surface area (Å²) in [6, 6.07) is 15.2. The van der Waals surface area contributed by atoms with E-state index in [9.17, 15) is 9.90 Å². The molecule has 4 aromatic rings. The van der Waals surface area contributed by atoms with Crippen molar-refractivity contribution in [3.05, 3.63) is 59.1 Å². The topological polar surface area (TPSA) is 37.3 Å². The molecule has 0 aliphatic rings. The molecule has 2 nitrogen and oxygen atoms in total. The standard InChI is InChI=1S/C17H9ClO2S/c18-10-6-5-9-7-13(17(19)20)15-11-3-1-2-4-14(11)21-16(15)12(9)8-10/h1-8H,(H,19,20). The quantitative estimate of drug-likeness (QED) is 0.499. The Morgan fingerprint density at radius 1 is 1.05 bits per heavy atom. The molecule has 0 unspecified atom stereocenters. The molecule has 1 aromatic heterocycles. The van der Waals surface area contributed by atoms with Gasteiger partial charge in [0, 0.05) is 30.6 Å². The molecule has 0 saturated carbocycles. The average Bonchev–Trinajstić information content (AvgIpc) is 2.86. The third-order valence-electron chi connectivity index (χ3n) is 3.66. The normalized spacial score (nSPS) is 11.5. The van der Waals surface area contributed by atoms with E-state index in [4.69, 9.17) is 11.6 Å². The lowest BCUT2D eigenvalue weighted by molar-refractivity contribution is 0.0699. The Bertz CT molecular complexity index is 1030. The van der Waals surface area contributed by atoms with Gasteiger partial charge >= 0.3 is 5.97 Å². The maximum atomic E-state index is 11.6. The summed E-state index contributed by atoms with van der Waals surface area (Å²) in [5.41, 5.74) is 0.345. The van der Waals surface area contributed by atoms with Crippen LogP contribution in [0.15, 0.2) is 48.5 Å². The van der Waals surface area contributed by atoms with Gasteiger partial charge in [-0.25, -0.2) is 4.79 Å². The van der Waals surface area contributed by atoms with E-state index in [-0.39, 0.29) is 0 Å². The van der Waals surface area contributed by atoms with Crippen LogP contribution in [0.4, 0.5) is 0 Å². The van der Waals surface area contributed by atoms with Crippen LogP contribution in [-0.4, -0.2) is 11.1 Å². The number of fused-ring (bicyclic) bond motifs is 5. The molecule has 0 aliphatic carbocycles. The highest BCUT2D eigenvalue weighted by Gasteiger charge is 2.17. The number of hydrogen-bond donors (Lipinski definition) is 1. The Balaban J connectivity index is 2.34.